The summed E-state index contributed by atoms with van der Waals surface area (Å²) in [5.74, 6) is -1.05. The molecule has 1 fully saturated rings. The highest BCUT2D eigenvalue weighted by atomic mass is 35.5. The van der Waals surface area contributed by atoms with Crippen molar-refractivity contribution in [1.29, 1.82) is 0 Å². The fraction of sp³-hybridized carbons (Fsp3) is 0.333. The van der Waals surface area contributed by atoms with E-state index in [9.17, 15) is 9.59 Å². The number of hydrogen-bond acceptors (Lipinski definition) is 2. The van der Waals surface area contributed by atoms with Crippen LogP contribution in [0.15, 0.2) is 30.3 Å². The lowest BCUT2D eigenvalue weighted by molar-refractivity contribution is -0.138. The Balaban J connectivity index is 2.01. The maximum atomic E-state index is 12.1. The molecule has 1 aromatic carbocycles. The van der Waals surface area contributed by atoms with E-state index >= 15 is 0 Å². The summed E-state index contributed by atoms with van der Waals surface area (Å²) in [6.45, 7) is 0.256. The first-order valence-corrected chi connectivity index (χ1v) is 6.90. The average Bonchev–Trinajstić information content (AvgIpc) is 3.22. The van der Waals surface area contributed by atoms with Crippen molar-refractivity contribution in [3.63, 3.8) is 0 Å². The molecule has 0 heterocycles. The van der Waals surface area contributed by atoms with Crippen LogP contribution in [0, 0.1) is 0 Å². The molecule has 0 aliphatic heterocycles. The lowest BCUT2D eigenvalue weighted by Gasteiger charge is -2.19. The number of benzene rings is 1. The Bertz CT molecular complexity index is 538. The molecule has 20 heavy (non-hydrogen) atoms. The van der Waals surface area contributed by atoms with Crippen LogP contribution in [-0.4, -0.2) is 34.5 Å². The van der Waals surface area contributed by atoms with Gasteiger partial charge in [-0.05, 0) is 30.5 Å². The fourth-order valence-electron chi connectivity index (χ4n) is 1.94. The normalized spacial score (nSPS) is 14.4. The number of carboxylic acids is 1. The molecule has 1 aliphatic rings. The van der Waals surface area contributed by atoms with Crippen molar-refractivity contribution >= 4 is 29.6 Å². The molecule has 0 atom stereocenters. The second kappa shape index (κ2) is 6.57. The number of carbonyl (C=O) groups is 2. The number of aliphatic carboxylic acids is 1. The van der Waals surface area contributed by atoms with Gasteiger partial charge in [0.25, 0.3) is 0 Å². The van der Waals surface area contributed by atoms with Crippen molar-refractivity contribution in [2.75, 3.05) is 6.54 Å². The zero-order chi connectivity index (χ0) is 14.5. The Hall–Kier alpha value is -1.81. The van der Waals surface area contributed by atoms with Gasteiger partial charge in [-0.15, -0.1) is 0 Å². The van der Waals surface area contributed by atoms with Gasteiger partial charge in [0.2, 0.25) is 5.91 Å². The third-order valence-corrected chi connectivity index (χ3v) is 3.49. The van der Waals surface area contributed by atoms with Crippen LogP contribution in [0.4, 0.5) is 0 Å². The zero-order valence-electron chi connectivity index (χ0n) is 11.0. The molecule has 106 valence electrons. The van der Waals surface area contributed by atoms with Gasteiger partial charge >= 0.3 is 5.97 Å². The van der Waals surface area contributed by atoms with Crippen LogP contribution in [0.2, 0.25) is 5.02 Å². The molecule has 4 nitrogen and oxygen atoms in total. The summed E-state index contributed by atoms with van der Waals surface area (Å²) in [5.41, 5.74) is 0.775. The second-order valence-electron chi connectivity index (χ2n) is 4.76. The molecule has 1 saturated carbocycles. The Kier molecular flexibility index (Phi) is 4.79. The minimum atomic E-state index is -0.890. The number of rotatable bonds is 6. The highest BCUT2D eigenvalue weighted by Gasteiger charge is 2.31. The number of halogens is 1. The summed E-state index contributed by atoms with van der Waals surface area (Å²) < 4.78 is 0. The van der Waals surface area contributed by atoms with Gasteiger partial charge in [-0.2, -0.15) is 0 Å². The van der Waals surface area contributed by atoms with E-state index in [1.165, 1.54) is 6.08 Å². The predicted octanol–water partition coefficient (Wildman–Crippen LogP) is 2.82. The van der Waals surface area contributed by atoms with Crippen molar-refractivity contribution in [2.45, 2.75) is 25.3 Å². The molecule has 0 radical (unpaired) electrons. The van der Waals surface area contributed by atoms with Gasteiger partial charge in [-0.25, -0.2) is 0 Å². The van der Waals surface area contributed by atoms with Gasteiger partial charge in [0.1, 0.15) is 0 Å². The molecule has 0 aromatic heterocycles. The van der Waals surface area contributed by atoms with Gasteiger partial charge in [0.15, 0.2) is 0 Å². The Morgan fingerprint density at radius 1 is 1.35 bits per heavy atom. The molecule has 0 unspecified atom stereocenters. The number of hydrogen-bond donors (Lipinski definition) is 1. The van der Waals surface area contributed by atoms with E-state index in [1.54, 1.807) is 17.0 Å². The lowest BCUT2D eigenvalue weighted by atomic mass is 10.2. The summed E-state index contributed by atoms with van der Waals surface area (Å²) >= 11 is 6.01. The largest absolute Gasteiger partial charge is 0.481 e. The summed E-state index contributed by atoms with van der Waals surface area (Å²) in [4.78, 5) is 24.4. The first-order chi connectivity index (χ1) is 9.58. The molecule has 0 bridgehead atoms. The quantitative estimate of drug-likeness (QED) is 0.821. The van der Waals surface area contributed by atoms with E-state index in [2.05, 4.69) is 0 Å². The summed E-state index contributed by atoms with van der Waals surface area (Å²) in [7, 11) is 0. The smallest absolute Gasteiger partial charge is 0.305 e. The molecule has 1 amide bonds. The lowest BCUT2D eigenvalue weighted by Crippen LogP contribution is -2.33. The SMILES string of the molecule is O=C(O)CCN(C(=O)/C=C/c1ccccc1Cl)C1CC1. The van der Waals surface area contributed by atoms with E-state index in [0.29, 0.717) is 5.02 Å². The Labute approximate surface area is 122 Å². The summed E-state index contributed by atoms with van der Waals surface area (Å²) in [5, 5.41) is 9.30. The van der Waals surface area contributed by atoms with Gasteiger partial charge in [-0.1, -0.05) is 29.8 Å². The van der Waals surface area contributed by atoms with Crippen molar-refractivity contribution in [3.8, 4) is 0 Å². The van der Waals surface area contributed by atoms with Crippen LogP contribution in [0.3, 0.4) is 0 Å². The summed E-state index contributed by atoms with van der Waals surface area (Å²) in [6.07, 6.45) is 5.00. The Morgan fingerprint density at radius 3 is 2.65 bits per heavy atom. The molecule has 2 rings (SSSR count). The number of amides is 1. The van der Waals surface area contributed by atoms with Crippen LogP contribution >= 0.6 is 11.6 Å². The molecule has 5 heteroatoms. The first-order valence-electron chi connectivity index (χ1n) is 6.53. The van der Waals surface area contributed by atoms with E-state index in [4.69, 9.17) is 16.7 Å². The van der Waals surface area contributed by atoms with Crippen LogP contribution < -0.4 is 0 Å². The average molecular weight is 294 g/mol. The summed E-state index contributed by atoms with van der Waals surface area (Å²) in [6, 6.07) is 7.45. The maximum absolute atomic E-state index is 12.1. The molecule has 0 saturated heterocycles. The zero-order valence-corrected chi connectivity index (χ0v) is 11.7. The Morgan fingerprint density at radius 2 is 2.05 bits per heavy atom. The second-order valence-corrected chi connectivity index (χ2v) is 5.17. The van der Waals surface area contributed by atoms with E-state index in [0.717, 1.165) is 18.4 Å². The molecule has 1 aromatic rings. The van der Waals surface area contributed by atoms with Crippen molar-refractivity contribution in [3.05, 3.63) is 40.9 Å². The fourth-order valence-corrected chi connectivity index (χ4v) is 2.14. The van der Waals surface area contributed by atoms with Crippen LogP contribution in [0.1, 0.15) is 24.8 Å². The molecule has 1 N–H and O–H groups in total. The standard InChI is InChI=1S/C15H16ClNO3/c16-13-4-2-1-3-11(13)5-8-14(18)17(12-6-7-12)10-9-15(19)20/h1-5,8,12H,6-7,9-10H2,(H,19,20)/b8-5+. The highest BCUT2D eigenvalue weighted by molar-refractivity contribution is 6.32. The molecular formula is C15H16ClNO3. The van der Waals surface area contributed by atoms with Gasteiger partial charge in [0, 0.05) is 23.7 Å². The first kappa shape index (κ1) is 14.6. The third kappa shape index (κ3) is 4.10. The van der Waals surface area contributed by atoms with Gasteiger partial charge in [-0.3, -0.25) is 9.59 Å². The van der Waals surface area contributed by atoms with Crippen molar-refractivity contribution in [2.24, 2.45) is 0 Å². The number of carbonyl (C=O) groups excluding carboxylic acids is 1. The van der Waals surface area contributed by atoms with E-state index < -0.39 is 5.97 Å². The van der Waals surface area contributed by atoms with Gasteiger partial charge in [0.05, 0.1) is 6.42 Å². The predicted molar refractivity (Wildman–Crippen MR) is 77.5 cm³/mol. The van der Waals surface area contributed by atoms with Crippen LogP contribution in [0.5, 0.6) is 0 Å². The third-order valence-electron chi connectivity index (χ3n) is 3.15. The van der Waals surface area contributed by atoms with E-state index in [1.807, 2.05) is 18.2 Å². The van der Waals surface area contributed by atoms with Crippen LogP contribution in [-0.2, 0) is 9.59 Å². The molecule has 1 aliphatic carbocycles. The topological polar surface area (TPSA) is 57.6 Å². The minimum absolute atomic E-state index is 0.0256. The molecular weight excluding hydrogens is 278 g/mol. The molecule has 0 spiro atoms. The van der Waals surface area contributed by atoms with Gasteiger partial charge < -0.3 is 10.0 Å². The van der Waals surface area contributed by atoms with Crippen LogP contribution in [0.25, 0.3) is 6.08 Å². The number of nitrogens with zero attached hydrogens (tertiary/aromatic N) is 1. The van der Waals surface area contributed by atoms with Crippen molar-refractivity contribution in [1.82, 2.24) is 4.90 Å². The monoisotopic (exact) mass is 293 g/mol. The van der Waals surface area contributed by atoms with E-state index in [-0.39, 0.29) is 24.9 Å². The highest BCUT2D eigenvalue weighted by Crippen LogP contribution is 2.27. The maximum Gasteiger partial charge on any atom is 0.305 e. The number of carboxylic acid groups (broad SMARTS) is 1. The minimum Gasteiger partial charge on any atom is -0.481 e. The van der Waals surface area contributed by atoms with Crippen molar-refractivity contribution < 1.29 is 14.7 Å².